The van der Waals surface area contributed by atoms with Gasteiger partial charge in [-0.1, -0.05) is 169 Å². The average molecular weight is 1500 g/mol. The maximum atomic E-state index is 15.6. The third-order valence-corrected chi connectivity index (χ3v) is 20.2. The molecule has 2 heterocycles. The van der Waals surface area contributed by atoms with Crippen molar-refractivity contribution in [1.29, 1.82) is 0 Å². The molecule has 1 aliphatic rings. The Hall–Kier alpha value is -9.73. The van der Waals surface area contributed by atoms with E-state index in [1.54, 1.807) is 121 Å². The van der Waals surface area contributed by atoms with Crippen LogP contribution in [0.5, 0.6) is 0 Å². The fourth-order valence-corrected chi connectivity index (χ4v) is 13.9. The predicted molar refractivity (Wildman–Crippen MR) is 402 cm³/mol. The number of hydrogen-bond donors (Lipinski definition) is 17. The van der Waals surface area contributed by atoms with Crippen molar-refractivity contribution in [3.05, 3.63) is 179 Å². The van der Waals surface area contributed by atoms with Crippen LogP contribution in [0.2, 0.25) is 0 Å². The zero-order valence-electron chi connectivity index (χ0n) is 59.8. The fraction of sp³-hybridized carbons (Fsp3) is 0.427. The molecule has 1 aromatic heterocycles. The molecule has 1 fully saturated rings. The fourth-order valence-electron chi connectivity index (χ4n) is 11.7. The molecule has 5 aromatic carbocycles. The lowest BCUT2D eigenvalue weighted by Crippen LogP contribution is -2.63. The first-order chi connectivity index (χ1) is 50.7. The van der Waals surface area contributed by atoms with Gasteiger partial charge in [-0.05, 0) is 79.1 Å². The van der Waals surface area contributed by atoms with Gasteiger partial charge in [0.25, 0.3) is 0 Å². The van der Waals surface area contributed by atoms with Crippen molar-refractivity contribution in [2.45, 2.75) is 170 Å². The van der Waals surface area contributed by atoms with Crippen LogP contribution in [-0.4, -0.2) is 212 Å². The number of hydrogen-bond acceptors (Lipinski definition) is 19. The summed E-state index contributed by atoms with van der Waals surface area (Å²) in [5, 5.41) is 71.4. The first-order valence-electron chi connectivity index (χ1n) is 35.1. The van der Waals surface area contributed by atoms with Crippen LogP contribution in [0.15, 0.2) is 146 Å². The van der Waals surface area contributed by atoms with Gasteiger partial charge in [0.05, 0.1) is 24.9 Å². The molecule has 13 atom stereocenters. The Morgan fingerprint density at radius 2 is 0.915 bits per heavy atom. The van der Waals surface area contributed by atoms with Crippen molar-refractivity contribution in [3.8, 4) is 0 Å². The molecule has 6 aromatic rings. The number of rotatable bonds is 21. The molecule has 0 radical (unpaired) electrons. The molecular weight excluding hydrogens is 1400 g/mol. The second-order valence-corrected chi connectivity index (χ2v) is 29.1. The predicted octanol–water partition coefficient (Wildman–Crippen LogP) is 0.0592. The molecule has 0 aliphatic carbocycles. The first-order valence-corrected chi connectivity index (χ1v) is 37.6. The van der Waals surface area contributed by atoms with Gasteiger partial charge >= 0.3 is 5.97 Å². The summed E-state index contributed by atoms with van der Waals surface area (Å²) >= 11 is 0. The second kappa shape index (κ2) is 41.8. The Balaban J connectivity index is 1.32. The van der Waals surface area contributed by atoms with Crippen LogP contribution in [-0.2, 0) is 91.4 Å². The molecule has 1 saturated heterocycles. The largest absolute Gasteiger partial charge is 0.480 e. The number of carboxylic acids is 1. The number of aromatic amines is 1. The zero-order chi connectivity index (χ0) is 77.0. The summed E-state index contributed by atoms with van der Waals surface area (Å²) in [5.41, 5.74) is 16.5. The molecule has 29 nitrogen and oxygen atoms in total. The number of nitrogens with zero attached hydrogens (tertiary/aromatic N) is 1. The van der Waals surface area contributed by atoms with E-state index in [1.807, 2.05) is 38.1 Å². The third-order valence-electron chi connectivity index (χ3n) is 17.8. The summed E-state index contributed by atoms with van der Waals surface area (Å²) in [5.74, 6) is -11.8. The summed E-state index contributed by atoms with van der Waals surface area (Å²) in [6, 6.07) is 22.5. The first kappa shape index (κ1) is 83.5. The van der Waals surface area contributed by atoms with Gasteiger partial charge in [0, 0.05) is 80.3 Å². The van der Waals surface area contributed by atoms with Crippen molar-refractivity contribution >= 4 is 97.5 Å². The summed E-state index contributed by atoms with van der Waals surface area (Å²) in [6.07, 6.45) is -2.01. The van der Waals surface area contributed by atoms with Crippen molar-refractivity contribution < 1.29 is 73.2 Å². The highest BCUT2D eigenvalue weighted by atomic mass is 33.1. The maximum Gasteiger partial charge on any atom is 0.327 e. The zero-order valence-corrected chi connectivity index (χ0v) is 61.5. The number of aliphatic hydroxyl groups excluding tert-OH is 3. The number of nitrogens with two attached hydrogens (primary N) is 2. The molecule has 0 unspecified atom stereocenters. The van der Waals surface area contributed by atoms with Crippen LogP contribution < -0.4 is 64.6 Å². The Kier molecular flexibility index (Phi) is 33.0. The SMILES string of the molecule is CC(C)NCc1ccc(C[C@@H]2NC(=O)[C@@H](Cc3c[nH]c4ccccc34)NC(=O)[C@H](Cc3ccccc3)NC(=O)[C@H](Cc3ccccc3)NC(=O)[C@H](CCCCN)NC(=O)[C@@H](N)CSSC[C@@H](C(=O)O)NC(=O)[C@H](CO)N(C)C(=O)[C@H]([C@@H](C)O)NC(=O)[C@H](Cc3ccccc3)NC(=O)[C@H]([C@@H](C)O)NC2=O)cc1. The minimum Gasteiger partial charge on any atom is -0.480 e. The van der Waals surface area contributed by atoms with Gasteiger partial charge in [-0.2, -0.15) is 0 Å². The van der Waals surface area contributed by atoms with E-state index in [4.69, 9.17) is 11.5 Å². The number of aliphatic carboxylic acids is 1. The quantitative estimate of drug-likeness (QED) is 0.0335. The number of carbonyl (C=O) groups excluding carboxylic acids is 10. The van der Waals surface area contributed by atoms with Gasteiger partial charge in [-0.15, -0.1) is 0 Å². The van der Waals surface area contributed by atoms with Crippen LogP contribution in [0.4, 0.5) is 0 Å². The van der Waals surface area contributed by atoms with Crippen LogP contribution in [0.1, 0.15) is 80.3 Å². The number of para-hydroxylation sites is 1. The standard InChI is InChI=1S/C75H98N14O15S2/c1-43(2)78-38-50-30-28-49(29-31-50)36-58-70(98)87-63(44(3)91)73(101)85-59(35-48-23-13-8-14-24-48)71(99)88-64(45(4)92)74(102)89(5)62(40-90)72(100)86-61(75(103)104)42-106-105-41-53(77)65(93)80-55(27-17-18-32-76)66(94)81-56(33-46-19-9-6-10-20-46)67(95)82-57(34-47-21-11-7-12-22-47)68(96)84-60(69(97)83-58)37-51-39-79-54-26-16-15-25-52(51)54/h6-16,19-26,28-31,39,43-45,53,55-64,78-79,90-92H,17-18,27,32-38,40-42,76-77H2,1-5H3,(H,80,93)(H,81,94)(H,82,95)(H,83,97)(H,84,96)(H,85,101)(H,86,100)(H,87,98)(H,88,99)(H,103,104)/t44-,45-,53+,55+,56+,57+,58+,59+,60-,61+,62+,63+,64+/m1/s1. The second-order valence-electron chi connectivity index (χ2n) is 26.5. The maximum absolute atomic E-state index is 15.6. The number of H-pyrrole nitrogens is 1. The number of aliphatic hydroxyl groups is 3. The number of unbranched alkanes of at least 4 members (excludes halogenated alkanes) is 1. The number of carboxylic acid groups (broad SMARTS) is 1. The minimum absolute atomic E-state index is 0.0303. The molecule has 570 valence electrons. The van der Waals surface area contributed by atoms with E-state index in [-0.39, 0.29) is 62.6 Å². The lowest BCUT2D eigenvalue weighted by Gasteiger charge is -2.32. The van der Waals surface area contributed by atoms with E-state index < -0.39 is 150 Å². The van der Waals surface area contributed by atoms with Gasteiger partial charge in [-0.3, -0.25) is 47.9 Å². The molecule has 31 heteroatoms. The number of aromatic nitrogens is 1. The lowest BCUT2D eigenvalue weighted by atomic mass is 9.99. The van der Waals surface area contributed by atoms with E-state index >= 15 is 19.2 Å². The van der Waals surface area contributed by atoms with Gasteiger partial charge < -0.3 is 94.9 Å². The van der Waals surface area contributed by atoms with E-state index in [1.165, 1.54) is 6.92 Å². The van der Waals surface area contributed by atoms with Crippen LogP contribution in [0.25, 0.3) is 10.9 Å². The Bertz CT molecular complexity index is 3920. The summed E-state index contributed by atoms with van der Waals surface area (Å²) in [4.78, 5) is 164. The number of amides is 10. The van der Waals surface area contributed by atoms with Gasteiger partial charge in [0.15, 0.2) is 0 Å². The third kappa shape index (κ3) is 25.5. The molecule has 0 saturated carbocycles. The highest BCUT2D eigenvalue weighted by Crippen LogP contribution is 2.24. The van der Waals surface area contributed by atoms with Crippen LogP contribution in [0, 0.1) is 0 Å². The van der Waals surface area contributed by atoms with Crippen LogP contribution in [0.3, 0.4) is 0 Å². The molecule has 7 rings (SSSR count). The Morgan fingerprint density at radius 1 is 0.500 bits per heavy atom. The van der Waals surface area contributed by atoms with E-state index in [2.05, 4.69) is 58.2 Å². The minimum atomic E-state index is -1.90. The monoisotopic (exact) mass is 1500 g/mol. The van der Waals surface area contributed by atoms with Crippen molar-refractivity contribution in [2.75, 3.05) is 31.7 Å². The van der Waals surface area contributed by atoms with E-state index in [0.717, 1.165) is 41.1 Å². The number of benzene rings is 5. The number of carbonyl (C=O) groups is 11. The van der Waals surface area contributed by atoms with E-state index in [9.17, 15) is 54.0 Å². The molecule has 10 amide bonds. The number of likely N-dealkylation sites (N-methyl/N-ethyl adjacent to an activating group) is 1. The number of fused-ring (bicyclic) bond motifs is 1. The molecule has 0 bridgehead atoms. The number of nitrogens with one attached hydrogen (secondary N) is 11. The van der Waals surface area contributed by atoms with Gasteiger partial charge in [0.1, 0.15) is 60.4 Å². The van der Waals surface area contributed by atoms with Crippen LogP contribution >= 0.6 is 21.6 Å². The summed E-state index contributed by atoms with van der Waals surface area (Å²) < 4.78 is 0. The lowest BCUT2D eigenvalue weighted by molar-refractivity contribution is -0.147. The van der Waals surface area contributed by atoms with Crippen molar-refractivity contribution in [2.24, 2.45) is 11.5 Å². The van der Waals surface area contributed by atoms with Crippen molar-refractivity contribution in [1.82, 2.24) is 63.1 Å². The van der Waals surface area contributed by atoms with Gasteiger partial charge in [0.2, 0.25) is 59.1 Å². The topological polar surface area (TPSA) is 460 Å². The Morgan fingerprint density at radius 3 is 1.39 bits per heavy atom. The smallest absolute Gasteiger partial charge is 0.327 e. The van der Waals surface area contributed by atoms with E-state index in [0.29, 0.717) is 63.0 Å². The highest BCUT2D eigenvalue weighted by Gasteiger charge is 2.40. The molecule has 106 heavy (non-hydrogen) atoms. The highest BCUT2D eigenvalue weighted by molar-refractivity contribution is 8.76. The normalized spacial score (nSPS) is 23.8. The molecule has 0 spiro atoms. The Labute approximate surface area is 623 Å². The summed E-state index contributed by atoms with van der Waals surface area (Å²) in [7, 11) is 2.92. The molecule has 1 aliphatic heterocycles. The molecular formula is C75H98N14O15S2. The van der Waals surface area contributed by atoms with Crippen molar-refractivity contribution in [3.63, 3.8) is 0 Å². The van der Waals surface area contributed by atoms with Gasteiger partial charge in [-0.25, -0.2) is 4.79 Å². The summed E-state index contributed by atoms with van der Waals surface area (Å²) in [6.45, 7) is 5.97. The molecule has 19 N–H and O–H groups in total. The average Bonchev–Trinajstić information content (AvgIpc) is 1.66.